The number of allylic oxidation sites excluding steroid dienone is 2. The number of fused-ring (bicyclic) bond motifs is 3. The Labute approximate surface area is 360 Å². The van der Waals surface area contributed by atoms with Crippen molar-refractivity contribution in [2.45, 2.75) is 121 Å². The number of ether oxygens (including phenoxy) is 2. The number of rotatable bonds is 10. The first-order chi connectivity index (χ1) is 29.1. The Morgan fingerprint density at radius 1 is 1.07 bits per heavy atom. The highest BCUT2D eigenvalue weighted by Gasteiger charge is 2.62. The van der Waals surface area contributed by atoms with Gasteiger partial charge in [0, 0.05) is 29.3 Å². The number of methoxy groups -OCH3 is 1. The Morgan fingerprint density at radius 2 is 1.87 bits per heavy atom. The van der Waals surface area contributed by atoms with Gasteiger partial charge in [0.2, 0.25) is 27.7 Å². The van der Waals surface area contributed by atoms with Crippen LogP contribution in [0, 0.1) is 24.1 Å². The van der Waals surface area contributed by atoms with Crippen LogP contribution in [-0.4, -0.2) is 77.5 Å². The minimum absolute atomic E-state index is 0.0448. The second-order valence-electron chi connectivity index (χ2n) is 17.8. The van der Waals surface area contributed by atoms with Crippen LogP contribution in [0.2, 0.25) is 0 Å². The quantitative estimate of drug-likeness (QED) is 0.149. The van der Waals surface area contributed by atoms with Crippen LogP contribution in [0.5, 0.6) is 11.6 Å². The van der Waals surface area contributed by atoms with Crippen molar-refractivity contribution in [3.05, 3.63) is 77.1 Å². The van der Waals surface area contributed by atoms with E-state index in [4.69, 9.17) is 19.4 Å². The van der Waals surface area contributed by atoms with Gasteiger partial charge in [-0.25, -0.2) is 22.8 Å². The van der Waals surface area contributed by atoms with E-state index in [1.54, 1.807) is 31.1 Å². The monoisotopic (exact) mass is 871 g/mol. The molecule has 15 heteroatoms. The fraction of sp³-hybridized carbons (Fsp3) is 0.500. The van der Waals surface area contributed by atoms with E-state index >= 15 is 0 Å². The SMILES string of the molecule is COc1ccc2c(O[C@@H]3C[C@H]4C(=O)C[C@]5(C(=O)NS(=O)(=O)C6(C)CC6)C[C@@H]5/C=C\CCCCC[C@H](Nc5cccc(F)c5)C(=O)N4C3)nc(-c3nc(C(C)C)cs3)cc2c1C. The summed E-state index contributed by atoms with van der Waals surface area (Å²) in [6.45, 7) is 7.79. The summed E-state index contributed by atoms with van der Waals surface area (Å²) in [6.07, 6.45) is 7.90. The van der Waals surface area contributed by atoms with Crippen LogP contribution in [-0.2, 0) is 24.4 Å². The zero-order valence-electron chi connectivity index (χ0n) is 35.3. The van der Waals surface area contributed by atoms with Gasteiger partial charge in [-0.2, -0.15) is 0 Å². The molecule has 2 N–H and O–H groups in total. The predicted molar refractivity (Wildman–Crippen MR) is 234 cm³/mol. The smallest absolute Gasteiger partial charge is 0.245 e. The van der Waals surface area contributed by atoms with Crippen LogP contribution in [0.1, 0.15) is 102 Å². The summed E-state index contributed by atoms with van der Waals surface area (Å²) in [4.78, 5) is 55.2. The van der Waals surface area contributed by atoms with E-state index in [0.717, 1.165) is 46.3 Å². The first-order valence-corrected chi connectivity index (χ1v) is 23.7. The standard InChI is InChI=1S/C46H54FN5O7S2/c1-27(2)37-26-60-42(50-37)36-22-34-28(3)40(58-5)17-16-33(34)41(49-36)59-32-21-38-39(53)24-46(44(55)51-61(56,57)45(4)18-19-45)23-29(46)12-9-7-6-8-10-15-35(43(54)52(38)25-32)48-31-14-11-13-30(47)20-31/h9,11-14,16-17,20,22,26-27,29,32,35,38,48H,6-8,10,15,18-19,21,23-25H2,1-5H3,(H,51,55)/b12-9-/t29-,32+,35-,38-,46+/m0/s1. The molecule has 2 saturated carbocycles. The Balaban J connectivity index is 1.15. The minimum atomic E-state index is -3.97. The lowest BCUT2D eigenvalue weighted by Crippen LogP contribution is -2.49. The first kappa shape index (κ1) is 42.8. The van der Waals surface area contributed by atoms with Gasteiger partial charge in [0.05, 0.1) is 35.6 Å². The van der Waals surface area contributed by atoms with E-state index < -0.39 is 50.1 Å². The number of pyridine rings is 1. The van der Waals surface area contributed by atoms with Gasteiger partial charge in [-0.1, -0.05) is 44.9 Å². The third-order valence-corrected chi connectivity index (χ3v) is 16.1. The average molecular weight is 872 g/mol. The molecule has 2 aliphatic heterocycles. The number of sulfonamides is 1. The van der Waals surface area contributed by atoms with Crippen molar-refractivity contribution >= 4 is 55.4 Å². The maximum Gasteiger partial charge on any atom is 0.245 e. The van der Waals surface area contributed by atoms with Crippen LogP contribution >= 0.6 is 11.3 Å². The molecule has 2 aromatic carbocycles. The molecule has 0 bridgehead atoms. The van der Waals surface area contributed by atoms with Gasteiger partial charge in [0.25, 0.3) is 0 Å². The summed E-state index contributed by atoms with van der Waals surface area (Å²) < 4.78 is 54.8. The van der Waals surface area contributed by atoms with Crippen molar-refractivity contribution < 1.29 is 36.7 Å². The highest BCUT2D eigenvalue weighted by Crippen LogP contribution is 2.57. The molecule has 8 rings (SSSR count). The molecule has 4 heterocycles. The highest BCUT2D eigenvalue weighted by atomic mass is 32.2. The summed E-state index contributed by atoms with van der Waals surface area (Å²) in [5.41, 5.74) is 1.62. The summed E-state index contributed by atoms with van der Waals surface area (Å²) in [7, 11) is -2.35. The number of carbonyl (C=O) groups excluding carboxylic acids is 3. The third kappa shape index (κ3) is 8.64. The van der Waals surface area contributed by atoms with Crippen LogP contribution in [0.25, 0.3) is 21.5 Å². The van der Waals surface area contributed by atoms with Gasteiger partial charge < -0.3 is 19.7 Å². The van der Waals surface area contributed by atoms with E-state index in [0.29, 0.717) is 55.1 Å². The lowest BCUT2D eigenvalue weighted by Gasteiger charge is -2.30. The number of halogens is 1. The molecule has 0 radical (unpaired) electrons. The van der Waals surface area contributed by atoms with E-state index in [9.17, 15) is 27.2 Å². The second-order valence-corrected chi connectivity index (χ2v) is 20.8. The lowest BCUT2D eigenvalue weighted by molar-refractivity contribution is -0.139. The number of aryl methyl sites for hydroxylation is 1. The van der Waals surface area contributed by atoms with Crippen LogP contribution in [0.15, 0.2) is 60.0 Å². The lowest BCUT2D eigenvalue weighted by atomic mass is 9.91. The van der Waals surface area contributed by atoms with E-state index in [2.05, 4.69) is 23.9 Å². The molecule has 2 amide bonds. The van der Waals surface area contributed by atoms with Crippen LogP contribution in [0.3, 0.4) is 0 Å². The van der Waals surface area contributed by atoms with Crippen molar-refractivity contribution in [2.75, 3.05) is 19.0 Å². The van der Waals surface area contributed by atoms with Crippen molar-refractivity contribution in [3.63, 3.8) is 0 Å². The van der Waals surface area contributed by atoms with Gasteiger partial charge in [-0.15, -0.1) is 11.3 Å². The predicted octanol–water partition coefficient (Wildman–Crippen LogP) is 8.25. The summed E-state index contributed by atoms with van der Waals surface area (Å²) >= 11 is 1.49. The molecule has 4 aromatic rings. The van der Waals surface area contributed by atoms with Crippen molar-refractivity contribution in [2.24, 2.45) is 11.3 Å². The fourth-order valence-electron chi connectivity index (χ4n) is 8.73. The topological polar surface area (TPSA) is 157 Å². The molecule has 2 aliphatic carbocycles. The number of thiazole rings is 1. The molecular formula is C46H54FN5O7S2. The fourth-order valence-corrected chi connectivity index (χ4v) is 11.0. The molecular weight excluding hydrogens is 818 g/mol. The normalized spacial score (nSPS) is 25.9. The molecule has 0 unspecified atom stereocenters. The van der Waals surface area contributed by atoms with Crippen molar-refractivity contribution in [3.8, 4) is 22.3 Å². The third-order valence-electron chi connectivity index (χ3n) is 13.0. The molecule has 0 spiro atoms. The zero-order chi connectivity index (χ0) is 43.3. The maximum atomic E-state index is 14.9. The Bertz CT molecular complexity index is 2500. The van der Waals surface area contributed by atoms with E-state index in [-0.39, 0.29) is 42.9 Å². The molecule has 324 valence electrons. The largest absolute Gasteiger partial charge is 0.496 e. The number of carbonyl (C=O) groups is 3. The Kier molecular flexibility index (Phi) is 11.8. The number of benzene rings is 2. The average Bonchev–Trinajstić information content (AvgIpc) is 3.99. The number of nitrogens with zero attached hydrogens (tertiary/aromatic N) is 3. The number of amides is 2. The number of hydrogen-bond donors (Lipinski definition) is 2. The van der Waals surface area contributed by atoms with Gasteiger partial charge in [0.15, 0.2) is 5.78 Å². The zero-order valence-corrected chi connectivity index (χ0v) is 37.0. The van der Waals surface area contributed by atoms with Crippen molar-refractivity contribution in [1.29, 1.82) is 0 Å². The molecule has 12 nitrogen and oxygen atoms in total. The van der Waals surface area contributed by atoms with Gasteiger partial charge in [-0.05, 0) is 112 Å². The van der Waals surface area contributed by atoms with Crippen molar-refractivity contribution in [1.82, 2.24) is 19.6 Å². The molecule has 2 aromatic heterocycles. The molecule has 61 heavy (non-hydrogen) atoms. The van der Waals surface area contributed by atoms with Gasteiger partial charge in [0.1, 0.15) is 34.4 Å². The van der Waals surface area contributed by atoms with E-state index in [1.165, 1.54) is 23.5 Å². The molecule has 5 atom stereocenters. The summed E-state index contributed by atoms with van der Waals surface area (Å²) in [6, 6.07) is 9.90. The number of hydrogen-bond acceptors (Lipinski definition) is 11. The Hall–Kier alpha value is -4.89. The maximum absolute atomic E-state index is 14.9. The van der Waals surface area contributed by atoms with E-state index in [1.807, 2.05) is 42.7 Å². The van der Waals surface area contributed by atoms with Gasteiger partial charge >= 0.3 is 0 Å². The van der Waals surface area contributed by atoms with Gasteiger partial charge in [-0.3, -0.25) is 19.1 Å². The van der Waals surface area contributed by atoms with Crippen LogP contribution in [0.4, 0.5) is 10.1 Å². The number of anilines is 1. The minimum Gasteiger partial charge on any atom is -0.496 e. The first-order valence-electron chi connectivity index (χ1n) is 21.3. The Morgan fingerprint density at radius 3 is 2.59 bits per heavy atom. The number of ketones is 1. The number of aromatic nitrogens is 2. The molecule has 3 fully saturated rings. The summed E-state index contributed by atoms with van der Waals surface area (Å²) in [5, 5.41) is 7.59. The summed E-state index contributed by atoms with van der Waals surface area (Å²) in [5.74, 6) is -0.903. The molecule has 4 aliphatic rings. The number of nitrogens with one attached hydrogen (secondary N) is 2. The number of Topliss-reactive ketones (excluding diaryl/α,β-unsaturated/α-hetero) is 1. The van der Waals surface area contributed by atoms with Crippen LogP contribution < -0.4 is 19.5 Å². The second kappa shape index (κ2) is 16.8. The molecule has 1 saturated heterocycles. The highest BCUT2D eigenvalue weighted by molar-refractivity contribution is 7.91.